The summed E-state index contributed by atoms with van der Waals surface area (Å²) in [7, 11) is 0. The number of rotatable bonds is 6. The van der Waals surface area contributed by atoms with Gasteiger partial charge in [0.15, 0.2) is 5.11 Å². The van der Waals surface area contributed by atoms with Gasteiger partial charge in [0.1, 0.15) is 5.82 Å². The highest BCUT2D eigenvalue weighted by Crippen LogP contribution is 2.24. The normalized spacial score (nSPS) is 14.8. The predicted molar refractivity (Wildman–Crippen MR) is 110 cm³/mol. The molecule has 4 heteroatoms. The minimum Gasteiger partial charge on any atom is -0.362 e. The number of hydrogen-bond acceptors (Lipinski definition) is 1. The van der Waals surface area contributed by atoms with Crippen molar-refractivity contribution in [1.82, 2.24) is 10.2 Å². The molecule has 1 aliphatic carbocycles. The van der Waals surface area contributed by atoms with Gasteiger partial charge in [0.2, 0.25) is 0 Å². The van der Waals surface area contributed by atoms with E-state index in [1.165, 1.54) is 49.8 Å². The van der Waals surface area contributed by atoms with Gasteiger partial charge in [0, 0.05) is 19.1 Å². The minimum absolute atomic E-state index is 0.193. The van der Waals surface area contributed by atoms with E-state index in [-0.39, 0.29) is 5.82 Å². The molecule has 0 unspecified atom stereocenters. The van der Waals surface area contributed by atoms with E-state index < -0.39 is 0 Å². The Morgan fingerprint density at radius 1 is 0.962 bits per heavy atom. The Balaban J connectivity index is 1.61. The van der Waals surface area contributed by atoms with Crippen molar-refractivity contribution in [3.63, 3.8) is 0 Å². The van der Waals surface area contributed by atoms with Crippen LogP contribution in [0.5, 0.6) is 0 Å². The van der Waals surface area contributed by atoms with Crippen LogP contribution in [0, 0.1) is 5.82 Å². The Labute approximate surface area is 161 Å². The van der Waals surface area contributed by atoms with Gasteiger partial charge in [-0.25, -0.2) is 4.39 Å². The maximum absolute atomic E-state index is 13.2. The summed E-state index contributed by atoms with van der Waals surface area (Å²) in [4.78, 5) is 2.31. The van der Waals surface area contributed by atoms with Crippen molar-refractivity contribution >= 4 is 17.3 Å². The summed E-state index contributed by atoms with van der Waals surface area (Å²) in [6, 6.07) is 17.7. The van der Waals surface area contributed by atoms with Crippen LogP contribution in [0.4, 0.5) is 4.39 Å². The molecular weight excluding hydrogens is 343 g/mol. The van der Waals surface area contributed by atoms with Crippen LogP contribution >= 0.6 is 12.2 Å². The molecule has 0 radical (unpaired) electrons. The van der Waals surface area contributed by atoms with Crippen LogP contribution < -0.4 is 5.32 Å². The van der Waals surface area contributed by atoms with Gasteiger partial charge in [-0.15, -0.1) is 0 Å². The SMILES string of the molecule is Fc1ccc(CN(C(=S)NCCc2ccccc2)C2CCCCC2)cc1. The highest BCUT2D eigenvalue weighted by molar-refractivity contribution is 7.80. The molecule has 2 nitrogen and oxygen atoms in total. The predicted octanol–water partition coefficient (Wildman–Crippen LogP) is 5.08. The lowest BCUT2D eigenvalue weighted by atomic mass is 9.94. The number of nitrogens with one attached hydrogen (secondary N) is 1. The molecule has 0 atom stereocenters. The van der Waals surface area contributed by atoms with Crippen LogP contribution in [-0.4, -0.2) is 22.6 Å². The third-order valence-electron chi connectivity index (χ3n) is 5.08. The Bertz CT molecular complexity index is 681. The summed E-state index contributed by atoms with van der Waals surface area (Å²) >= 11 is 5.74. The molecule has 2 aromatic rings. The van der Waals surface area contributed by atoms with Crippen molar-refractivity contribution in [2.45, 2.75) is 51.1 Å². The first-order valence-corrected chi connectivity index (χ1v) is 9.96. The topological polar surface area (TPSA) is 15.3 Å². The molecule has 0 bridgehead atoms. The van der Waals surface area contributed by atoms with E-state index in [4.69, 9.17) is 12.2 Å². The monoisotopic (exact) mass is 370 g/mol. The molecule has 0 heterocycles. The fourth-order valence-electron chi connectivity index (χ4n) is 3.61. The summed E-state index contributed by atoms with van der Waals surface area (Å²) in [6.45, 7) is 1.57. The molecule has 1 saturated carbocycles. The number of thiocarbonyl (C=S) groups is 1. The van der Waals surface area contributed by atoms with Gasteiger partial charge in [0.25, 0.3) is 0 Å². The van der Waals surface area contributed by atoms with E-state index in [2.05, 4.69) is 34.5 Å². The first-order valence-electron chi connectivity index (χ1n) is 9.55. The molecule has 2 aromatic carbocycles. The maximum Gasteiger partial charge on any atom is 0.169 e. The van der Waals surface area contributed by atoms with Gasteiger partial charge >= 0.3 is 0 Å². The van der Waals surface area contributed by atoms with E-state index in [9.17, 15) is 4.39 Å². The van der Waals surface area contributed by atoms with E-state index in [0.717, 1.165) is 30.2 Å². The number of benzene rings is 2. The summed E-state index contributed by atoms with van der Waals surface area (Å²) in [6.07, 6.45) is 7.16. The van der Waals surface area contributed by atoms with Crippen molar-refractivity contribution in [1.29, 1.82) is 0 Å². The highest BCUT2D eigenvalue weighted by atomic mass is 32.1. The molecule has 0 amide bonds. The average molecular weight is 371 g/mol. The van der Waals surface area contributed by atoms with E-state index >= 15 is 0 Å². The molecule has 0 saturated heterocycles. The lowest BCUT2D eigenvalue weighted by molar-refractivity contribution is 0.235. The average Bonchev–Trinajstić information content (AvgIpc) is 2.69. The lowest BCUT2D eigenvalue weighted by Gasteiger charge is -2.36. The van der Waals surface area contributed by atoms with Gasteiger partial charge in [-0.3, -0.25) is 0 Å². The molecular formula is C22H27FN2S. The molecule has 0 spiro atoms. The minimum atomic E-state index is -0.193. The number of halogens is 1. The second-order valence-electron chi connectivity index (χ2n) is 7.01. The zero-order valence-electron chi connectivity index (χ0n) is 15.2. The Morgan fingerprint density at radius 3 is 2.35 bits per heavy atom. The summed E-state index contributed by atoms with van der Waals surface area (Å²) < 4.78 is 13.2. The Morgan fingerprint density at radius 2 is 1.65 bits per heavy atom. The second-order valence-corrected chi connectivity index (χ2v) is 7.40. The molecule has 26 heavy (non-hydrogen) atoms. The Hall–Kier alpha value is -1.94. The van der Waals surface area contributed by atoms with Crippen LogP contribution in [-0.2, 0) is 13.0 Å². The zero-order chi connectivity index (χ0) is 18.2. The van der Waals surface area contributed by atoms with Gasteiger partial charge in [-0.1, -0.05) is 61.7 Å². The van der Waals surface area contributed by atoms with Crippen molar-refractivity contribution in [2.75, 3.05) is 6.54 Å². The van der Waals surface area contributed by atoms with E-state index in [1.54, 1.807) is 0 Å². The van der Waals surface area contributed by atoms with Gasteiger partial charge < -0.3 is 10.2 Å². The molecule has 0 aromatic heterocycles. The molecule has 1 aliphatic rings. The summed E-state index contributed by atoms with van der Waals surface area (Å²) in [5.41, 5.74) is 2.41. The van der Waals surface area contributed by atoms with E-state index in [0.29, 0.717) is 6.04 Å². The van der Waals surface area contributed by atoms with E-state index in [1.807, 2.05) is 18.2 Å². The number of nitrogens with zero attached hydrogens (tertiary/aromatic N) is 1. The van der Waals surface area contributed by atoms with Crippen LogP contribution in [0.25, 0.3) is 0 Å². The fraction of sp³-hybridized carbons (Fsp3) is 0.409. The summed E-state index contributed by atoms with van der Waals surface area (Å²) in [5, 5.41) is 4.26. The number of hydrogen-bond donors (Lipinski definition) is 1. The largest absolute Gasteiger partial charge is 0.362 e. The van der Waals surface area contributed by atoms with Crippen LogP contribution in [0.15, 0.2) is 54.6 Å². The van der Waals surface area contributed by atoms with Crippen LogP contribution in [0.3, 0.4) is 0 Å². The second kappa shape index (κ2) is 9.67. The van der Waals surface area contributed by atoms with Crippen LogP contribution in [0.1, 0.15) is 43.2 Å². The first kappa shape index (κ1) is 18.8. The van der Waals surface area contributed by atoms with Gasteiger partial charge in [0.05, 0.1) is 0 Å². The standard InChI is InChI=1S/C22H27FN2S/c23-20-13-11-19(12-14-20)17-25(21-9-5-2-6-10-21)22(26)24-16-15-18-7-3-1-4-8-18/h1,3-4,7-8,11-14,21H,2,5-6,9-10,15-17H2,(H,24,26). The first-order chi connectivity index (χ1) is 12.7. The molecule has 3 rings (SSSR count). The zero-order valence-corrected chi connectivity index (χ0v) is 16.0. The lowest BCUT2D eigenvalue weighted by Crippen LogP contribution is -2.46. The van der Waals surface area contributed by atoms with Crippen molar-refractivity contribution in [2.24, 2.45) is 0 Å². The molecule has 0 aliphatic heterocycles. The Kier molecular flexibility index (Phi) is 7.01. The third kappa shape index (κ3) is 5.53. The molecule has 138 valence electrons. The van der Waals surface area contributed by atoms with Crippen molar-refractivity contribution < 1.29 is 4.39 Å². The quantitative estimate of drug-likeness (QED) is 0.714. The smallest absolute Gasteiger partial charge is 0.169 e. The molecule has 1 fully saturated rings. The van der Waals surface area contributed by atoms with Crippen molar-refractivity contribution in [3.8, 4) is 0 Å². The fourth-order valence-corrected chi connectivity index (χ4v) is 3.92. The van der Waals surface area contributed by atoms with Gasteiger partial charge in [-0.05, 0) is 54.7 Å². The molecule has 1 N–H and O–H groups in total. The van der Waals surface area contributed by atoms with Gasteiger partial charge in [-0.2, -0.15) is 0 Å². The van der Waals surface area contributed by atoms with Crippen molar-refractivity contribution in [3.05, 3.63) is 71.5 Å². The van der Waals surface area contributed by atoms with Crippen LogP contribution in [0.2, 0.25) is 0 Å². The highest BCUT2D eigenvalue weighted by Gasteiger charge is 2.23. The maximum atomic E-state index is 13.2. The third-order valence-corrected chi connectivity index (χ3v) is 5.45. The summed E-state index contributed by atoms with van der Waals surface area (Å²) in [5.74, 6) is -0.193.